The van der Waals surface area contributed by atoms with Crippen LogP contribution in [0.2, 0.25) is 0 Å². The Hall–Kier alpha value is -3.57. The number of rotatable bonds is 4. The van der Waals surface area contributed by atoms with Gasteiger partial charge in [0.1, 0.15) is 5.75 Å². The number of benzene rings is 2. The molecule has 0 saturated carbocycles. The fourth-order valence-corrected chi connectivity index (χ4v) is 3.91. The lowest BCUT2D eigenvalue weighted by Crippen LogP contribution is -2.40. The Morgan fingerprint density at radius 2 is 1.93 bits per heavy atom. The first-order valence-corrected chi connectivity index (χ1v) is 9.86. The van der Waals surface area contributed by atoms with Crippen molar-refractivity contribution in [2.45, 2.75) is 12.7 Å². The van der Waals surface area contributed by atoms with Gasteiger partial charge in [-0.2, -0.15) is 0 Å². The Kier molecular flexibility index (Phi) is 4.73. The lowest BCUT2D eigenvalue weighted by Gasteiger charge is -2.31. The third-order valence-electron chi connectivity index (χ3n) is 5.46. The highest BCUT2D eigenvalue weighted by Crippen LogP contribution is 2.36. The maximum Gasteiger partial charge on any atom is 0.210 e. The molecule has 2 aromatic carbocycles. The molecule has 0 spiro atoms. The molecule has 2 unspecified atom stereocenters. The number of carbonyl (C=O) groups is 1. The number of ketones is 1. The van der Waals surface area contributed by atoms with Crippen LogP contribution in [0.4, 0.5) is 0 Å². The van der Waals surface area contributed by atoms with Crippen molar-refractivity contribution in [3.05, 3.63) is 90.3 Å². The molecular weight excluding hydrogens is 376 g/mol. The molecule has 0 aliphatic carbocycles. The van der Waals surface area contributed by atoms with Crippen LogP contribution in [0, 0.1) is 5.92 Å². The Labute approximate surface area is 174 Å². The molecule has 0 saturated heterocycles. The molecule has 0 fully saturated rings. The summed E-state index contributed by atoms with van der Waals surface area (Å²) in [6, 6.07) is 21.5. The molecular formula is C25H20N2O3. The van der Waals surface area contributed by atoms with Crippen LogP contribution in [0.5, 0.6) is 5.75 Å². The number of aromatic nitrogens is 2. The molecule has 5 rings (SSSR count). The van der Waals surface area contributed by atoms with Gasteiger partial charge in [0.05, 0.1) is 22.7 Å². The van der Waals surface area contributed by atoms with Gasteiger partial charge in [-0.1, -0.05) is 36.4 Å². The fourth-order valence-electron chi connectivity index (χ4n) is 3.91. The molecule has 1 aliphatic heterocycles. The number of hydrogen-bond acceptors (Lipinski definition) is 5. The van der Waals surface area contributed by atoms with Crippen molar-refractivity contribution in [2.24, 2.45) is 5.92 Å². The predicted octanol–water partition coefficient (Wildman–Crippen LogP) is 4.70. The van der Waals surface area contributed by atoms with Crippen LogP contribution in [-0.4, -0.2) is 29.2 Å². The molecule has 5 heteroatoms. The lowest BCUT2D eigenvalue weighted by atomic mass is 9.88. The minimum absolute atomic E-state index is 0.0185. The van der Waals surface area contributed by atoms with Crippen molar-refractivity contribution in [3.8, 4) is 17.0 Å². The molecule has 0 radical (unpaired) electrons. The number of carbonyl (C=O) groups excluding carboxylic acids is 1. The third kappa shape index (κ3) is 3.33. The average Bonchev–Trinajstić information content (AvgIpc) is 2.80. The summed E-state index contributed by atoms with van der Waals surface area (Å²) in [5, 5.41) is 1.09. The van der Waals surface area contributed by atoms with Gasteiger partial charge in [-0.3, -0.25) is 9.78 Å². The Morgan fingerprint density at radius 3 is 2.77 bits per heavy atom. The minimum atomic E-state index is -0.648. The van der Waals surface area contributed by atoms with Crippen LogP contribution in [0.15, 0.2) is 79.1 Å². The van der Waals surface area contributed by atoms with Gasteiger partial charge in [0.25, 0.3) is 0 Å². The molecule has 30 heavy (non-hydrogen) atoms. The highest BCUT2D eigenvalue weighted by atomic mass is 16.7. The standard InChI is InChI=1S/C25H20N2O3/c1-29-25-20(13-16-5-4-12-26-15-16)24(28)19-10-8-18(14-23(19)30-25)22-11-9-17-6-2-3-7-21(17)27-22/h2-12,14-15,20,25H,13H2,1H3. The SMILES string of the molecule is COC1Oc2cc(-c3ccc4ccccc4n3)ccc2C(=O)C1Cc1cccnc1. The van der Waals surface area contributed by atoms with Gasteiger partial charge >= 0.3 is 0 Å². The van der Waals surface area contributed by atoms with Crippen LogP contribution < -0.4 is 4.74 Å². The summed E-state index contributed by atoms with van der Waals surface area (Å²) >= 11 is 0. The summed E-state index contributed by atoms with van der Waals surface area (Å²) in [7, 11) is 1.56. The Morgan fingerprint density at radius 1 is 1.03 bits per heavy atom. The Balaban J connectivity index is 1.49. The molecule has 4 aromatic rings. The molecule has 1 aliphatic rings. The van der Waals surface area contributed by atoms with Crippen LogP contribution >= 0.6 is 0 Å². The van der Waals surface area contributed by atoms with Crippen LogP contribution in [-0.2, 0) is 11.2 Å². The second-order valence-electron chi connectivity index (χ2n) is 7.36. The average molecular weight is 396 g/mol. The summed E-state index contributed by atoms with van der Waals surface area (Å²) in [5.74, 6) is 0.128. The van der Waals surface area contributed by atoms with Crippen molar-refractivity contribution in [1.82, 2.24) is 9.97 Å². The van der Waals surface area contributed by atoms with Crippen molar-refractivity contribution in [1.29, 1.82) is 0 Å². The van der Waals surface area contributed by atoms with E-state index in [4.69, 9.17) is 14.5 Å². The number of fused-ring (bicyclic) bond motifs is 2. The summed E-state index contributed by atoms with van der Waals surface area (Å²) in [5.41, 5.74) is 4.20. The second-order valence-corrected chi connectivity index (χ2v) is 7.36. The van der Waals surface area contributed by atoms with Gasteiger partial charge < -0.3 is 9.47 Å². The maximum absolute atomic E-state index is 13.2. The zero-order valence-electron chi connectivity index (χ0n) is 16.5. The van der Waals surface area contributed by atoms with Gasteiger partial charge in [0, 0.05) is 30.5 Å². The molecule has 2 aromatic heterocycles. The van der Waals surface area contributed by atoms with E-state index in [1.807, 2.05) is 66.7 Å². The van der Waals surface area contributed by atoms with Gasteiger partial charge in [0.15, 0.2) is 5.78 Å². The number of ether oxygens (including phenoxy) is 2. The van der Waals surface area contributed by atoms with Crippen molar-refractivity contribution < 1.29 is 14.3 Å². The van der Waals surface area contributed by atoms with E-state index in [0.717, 1.165) is 27.7 Å². The predicted molar refractivity (Wildman–Crippen MR) is 114 cm³/mol. The molecule has 0 N–H and O–H groups in total. The van der Waals surface area contributed by atoms with E-state index in [1.165, 1.54) is 0 Å². The second kappa shape index (κ2) is 7.69. The third-order valence-corrected chi connectivity index (χ3v) is 5.46. The molecule has 0 amide bonds. The number of Topliss-reactive ketones (excluding diaryl/α,β-unsaturated/α-hetero) is 1. The molecule has 148 valence electrons. The van der Waals surface area contributed by atoms with Crippen LogP contribution in [0.25, 0.3) is 22.2 Å². The molecule has 5 nitrogen and oxygen atoms in total. The van der Waals surface area contributed by atoms with E-state index in [1.54, 1.807) is 19.5 Å². The zero-order valence-corrected chi connectivity index (χ0v) is 16.5. The number of para-hydroxylation sites is 1. The fraction of sp³-hybridized carbons (Fsp3) is 0.160. The van der Waals surface area contributed by atoms with Gasteiger partial charge in [-0.05, 0) is 42.3 Å². The normalized spacial score (nSPS) is 18.1. The quantitative estimate of drug-likeness (QED) is 0.500. The highest BCUT2D eigenvalue weighted by molar-refractivity contribution is 6.02. The number of hydrogen-bond donors (Lipinski definition) is 0. The molecule has 2 atom stereocenters. The van der Waals surface area contributed by atoms with E-state index < -0.39 is 12.2 Å². The van der Waals surface area contributed by atoms with Crippen molar-refractivity contribution >= 4 is 16.7 Å². The smallest absolute Gasteiger partial charge is 0.210 e. The number of methoxy groups -OCH3 is 1. The molecule has 3 heterocycles. The van der Waals surface area contributed by atoms with E-state index >= 15 is 0 Å². The van der Waals surface area contributed by atoms with E-state index in [2.05, 4.69) is 4.98 Å². The molecule has 0 bridgehead atoms. The van der Waals surface area contributed by atoms with E-state index in [9.17, 15) is 4.79 Å². The van der Waals surface area contributed by atoms with Crippen LogP contribution in [0.1, 0.15) is 15.9 Å². The van der Waals surface area contributed by atoms with E-state index in [0.29, 0.717) is 17.7 Å². The van der Waals surface area contributed by atoms with Crippen molar-refractivity contribution in [3.63, 3.8) is 0 Å². The Bertz CT molecular complexity index is 1220. The zero-order chi connectivity index (χ0) is 20.5. The number of nitrogens with zero attached hydrogens (tertiary/aromatic N) is 2. The highest BCUT2D eigenvalue weighted by Gasteiger charge is 2.37. The van der Waals surface area contributed by atoms with E-state index in [-0.39, 0.29) is 5.78 Å². The first kappa shape index (κ1) is 18.5. The van der Waals surface area contributed by atoms with Crippen molar-refractivity contribution in [2.75, 3.05) is 7.11 Å². The topological polar surface area (TPSA) is 61.3 Å². The van der Waals surface area contributed by atoms with Gasteiger partial charge in [-0.25, -0.2) is 4.98 Å². The largest absolute Gasteiger partial charge is 0.463 e. The summed E-state index contributed by atoms with van der Waals surface area (Å²) in [4.78, 5) is 22.1. The van der Waals surface area contributed by atoms with Gasteiger partial charge in [0.2, 0.25) is 6.29 Å². The van der Waals surface area contributed by atoms with Gasteiger partial charge in [-0.15, -0.1) is 0 Å². The first-order chi connectivity index (χ1) is 14.7. The summed E-state index contributed by atoms with van der Waals surface area (Å²) < 4.78 is 11.6. The lowest BCUT2D eigenvalue weighted by molar-refractivity contribution is -0.0881. The monoisotopic (exact) mass is 396 g/mol. The maximum atomic E-state index is 13.2. The van der Waals surface area contributed by atoms with Crippen LogP contribution in [0.3, 0.4) is 0 Å². The number of pyridine rings is 2. The summed E-state index contributed by atoms with van der Waals surface area (Å²) in [6.07, 6.45) is 3.35. The minimum Gasteiger partial charge on any atom is -0.463 e. The summed E-state index contributed by atoms with van der Waals surface area (Å²) in [6.45, 7) is 0. The first-order valence-electron chi connectivity index (χ1n) is 9.86.